The van der Waals surface area contributed by atoms with E-state index in [-0.39, 0.29) is 0 Å². The number of aromatic nitrogens is 2. The number of nitrogens with one attached hydrogen (secondary N) is 1. The van der Waals surface area contributed by atoms with E-state index in [1.165, 1.54) is 11.1 Å². The zero-order chi connectivity index (χ0) is 16.5. The third-order valence-corrected chi connectivity index (χ3v) is 5.56. The smallest absolute Gasteiger partial charge is 0.139 e. The number of fused-ring (bicyclic) bond motifs is 1. The van der Waals surface area contributed by atoms with Gasteiger partial charge < -0.3 is 10.2 Å². The van der Waals surface area contributed by atoms with Gasteiger partial charge in [-0.2, -0.15) is 0 Å². The van der Waals surface area contributed by atoms with Gasteiger partial charge in [-0.15, -0.1) is 11.3 Å². The molecule has 1 N–H and O–H groups in total. The highest BCUT2D eigenvalue weighted by Gasteiger charge is 2.20. The van der Waals surface area contributed by atoms with Crippen molar-refractivity contribution in [3.63, 3.8) is 0 Å². The summed E-state index contributed by atoms with van der Waals surface area (Å²) in [6, 6.07) is 11.0. The van der Waals surface area contributed by atoms with Crippen LogP contribution >= 0.6 is 11.3 Å². The molecule has 3 aromatic rings. The molecule has 0 aliphatic carbocycles. The standard InChI is InChI=1S/C19H22N4S/c1-13-20-18(22-15-8-10-23(2)11-9-15)17-16(12-24-19(17)21-13)14-6-4-3-5-7-14/h3-7,12,15H,8-11H2,1-2H3,(H,20,21,22). The molecule has 4 rings (SSSR count). The number of hydrogen-bond donors (Lipinski definition) is 1. The molecule has 0 atom stereocenters. The highest BCUT2D eigenvalue weighted by Crippen LogP contribution is 2.37. The number of nitrogens with zero attached hydrogens (tertiary/aromatic N) is 3. The molecule has 0 spiro atoms. The van der Waals surface area contributed by atoms with Gasteiger partial charge in [-0.3, -0.25) is 0 Å². The zero-order valence-electron chi connectivity index (χ0n) is 14.1. The summed E-state index contributed by atoms with van der Waals surface area (Å²) in [6.07, 6.45) is 2.32. The Morgan fingerprint density at radius 1 is 1.12 bits per heavy atom. The predicted molar refractivity (Wildman–Crippen MR) is 102 cm³/mol. The van der Waals surface area contributed by atoms with Crippen LogP contribution in [0.15, 0.2) is 35.7 Å². The van der Waals surface area contributed by atoms with E-state index in [0.29, 0.717) is 6.04 Å². The fourth-order valence-electron chi connectivity index (χ4n) is 3.33. The molecule has 0 saturated carbocycles. The van der Waals surface area contributed by atoms with Crippen molar-refractivity contribution in [3.8, 4) is 11.1 Å². The Morgan fingerprint density at radius 2 is 1.88 bits per heavy atom. The van der Waals surface area contributed by atoms with E-state index in [0.717, 1.165) is 47.8 Å². The Labute approximate surface area is 146 Å². The summed E-state index contributed by atoms with van der Waals surface area (Å²) in [4.78, 5) is 12.8. The molecule has 0 radical (unpaired) electrons. The minimum Gasteiger partial charge on any atom is -0.367 e. The number of likely N-dealkylation sites (tertiary alicyclic amines) is 1. The fraction of sp³-hybridized carbons (Fsp3) is 0.368. The molecule has 4 nitrogen and oxygen atoms in total. The van der Waals surface area contributed by atoms with Crippen LogP contribution in [0, 0.1) is 6.92 Å². The second-order valence-corrected chi connectivity index (χ2v) is 7.39. The first kappa shape index (κ1) is 15.5. The van der Waals surface area contributed by atoms with E-state index in [4.69, 9.17) is 4.98 Å². The van der Waals surface area contributed by atoms with Gasteiger partial charge in [0.15, 0.2) is 0 Å². The van der Waals surface area contributed by atoms with Crippen LogP contribution in [0.4, 0.5) is 5.82 Å². The maximum Gasteiger partial charge on any atom is 0.139 e. The van der Waals surface area contributed by atoms with Crippen molar-refractivity contribution in [2.75, 3.05) is 25.5 Å². The third kappa shape index (κ3) is 3.01. The minimum atomic E-state index is 0.488. The van der Waals surface area contributed by atoms with Crippen LogP contribution in [-0.4, -0.2) is 41.0 Å². The van der Waals surface area contributed by atoms with Gasteiger partial charge in [-0.05, 0) is 45.5 Å². The van der Waals surface area contributed by atoms with E-state index in [2.05, 4.69) is 58.0 Å². The maximum atomic E-state index is 4.74. The van der Waals surface area contributed by atoms with Gasteiger partial charge in [0.05, 0.1) is 5.39 Å². The van der Waals surface area contributed by atoms with Crippen LogP contribution in [0.25, 0.3) is 21.3 Å². The Balaban J connectivity index is 1.75. The van der Waals surface area contributed by atoms with Crippen LogP contribution in [0.2, 0.25) is 0 Å². The van der Waals surface area contributed by atoms with Crippen molar-refractivity contribution >= 4 is 27.4 Å². The Bertz CT molecular complexity index is 835. The van der Waals surface area contributed by atoms with Gasteiger partial charge in [0, 0.05) is 17.0 Å². The van der Waals surface area contributed by atoms with Crippen molar-refractivity contribution in [2.24, 2.45) is 0 Å². The topological polar surface area (TPSA) is 41.1 Å². The monoisotopic (exact) mass is 338 g/mol. The lowest BCUT2D eigenvalue weighted by atomic mass is 10.0. The molecular formula is C19H22N4S. The van der Waals surface area contributed by atoms with Crippen LogP contribution in [0.5, 0.6) is 0 Å². The molecule has 1 saturated heterocycles. The summed E-state index contributed by atoms with van der Waals surface area (Å²) in [5.74, 6) is 1.83. The van der Waals surface area contributed by atoms with Gasteiger partial charge >= 0.3 is 0 Å². The molecule has 1 aliphatic rings. The van der Waals surface area contributed by atoms with Gasteiger partial charge in [-0.1, -0.05) is 30.3 Å². The summed E-state index contributed by atoms with van der Waals surface area (Å²) in [6.45, 7) is 4.25. The van der Waals surface area contributed by atoms with Crippen molar-refractivity contribution in [1.29, 1.82) is 0 Å². The molecule has 0 unspecified atom stereocenters. The minimum absolute atomic E-state index is 0.488. The lowest BCUT2D eigenvalue weighted by Crippen LogP contribution is -2.37. The first-order chi connectivity index (χ1) is 11.7. The number of benzene rings is 1. The summed E-state index contributed by atoms with van der Waals surface area (Å²) in [5, 5.41) is 7.08. The van der Waals surface area contributed by atoms with E-state index in [9.17, 15) is 0 Å². The van der Waals surface area contributed by atoms with Gasteiger partial charge in [0.25, 0.3) is 0 Å². The number of aryl methyl sites for hydroxylation is 1. The maximum absolute atomic E-state index is 4.74. The van der Waals surface area contributed by atoms with Crippen molar-refractivity contribution in [1.82, 2.24) is 14.9 Å². The molecule has 124 valence electrons. The molecule has 3 heterocycles. The van der Waals surface area contributed by atoms with Gasteiger partial charge in [-0.25, -0.2) is 9.97 Å². The quantitative estimate of drug-likeness (QED) is 0.778. The first-order valence-corrected chi connectivity index (χ1v) is 9.35. The SMILES string of the molecule is Cc1nc(NC2CCN(C)CC2)c2c(-c3ccccc3)csc2n1. The number of anilines is 1. The summed E-state index contributed by atoms with van der Waals surface area (Å²) in [5.41, 5.74) is 2.45. The van der Waals surface area contributed by atoms with Crippen LogP contribution < -0.4 is 5.32 Å². The second-order valence-electron chi connectivity index (χ2n) is 6.54. The lowest BCUT2D eigenvalue weighted by molar-refractivity contribution is 0.263. The first-order valence-electron chi connectivity index (χ1n) is 8.47. The summed E-state index contributed by atoms with van der Waals surface area (Å²) >= 11 is 1.70. The number of thiophene rings is 1. The molecule has 2 aromatic heterocycles. The van der Waals surface area contributed by atoms with Crippen molar-refractivity contribution in [2.45, 2.75) is 25.8 Å². The second kappa shape index (κ2) is 6.49. The zero-order valence-corrected chi connectivity index (χ0v) is 14.9. The average Bonchev–Trinajstić information content (AvgIpc) is 3.01. The Kier molecular flexibility index (Phi) is 4.21. The van der Waals surface area contributed by atoms with Gasteiger partial charge in [0.2, 0.25) is 0 Å². The van der Waals surface area contributed by atoms with E-state index in [1.54, 1.807) is 11.3 Å². The summed E-state index contributed by atoms with van der Waals surface area (Å²) in [7, 11) is 2.19. The van der Waals surface area contributed by atoms with E-state index >= 15 is 0 Å². The van der Waals surface area contributed by atoms with E-state index < -0.39 is 0 Å². The van der Waals surface area contributed by atoms with Gasteiger partial charge in [0.1, 0.15) is 16.5 Å². The number of rotatable bonds is 3. The Morgan fingerprint density at radius 3 is 2.62 bits per heavy atom. The van der Waals surface area contributed by atoms with Crippen molar-refractivity contribution < 1.29 is 0 Å². The average molecular weight is 338 g/mol. The van der Waals surface area contributed by atoms with E-state index in [1.807, 2.05) is 6.92 Å². The lowest BCUT2D eigenvalue weighted by Gasteiger charge is -2.30. The fourth-order valence-corrected chi connectivity index (χ4v) is 4.32. The molecule has 1 fully saturated rings. The molecule has 5 heteroatoms. The molecule has 0 amide bonds. The molecule has 1 aliphatic heterocycles. The molecule has 24 heavy (non-hydrogen) atoms. The largest absolute Gasteiger partial charge is 0.367 e. The molecule has 1 aromatic carbocycles. The number of piperidine rings is 1. The normalized spacial score (nSPS) is 16.6. The highest BCUT2D eigenvalue weighted by molar-refractivity contribution is 7.17. The molecule has 0 bridgehead atoms. The highest BCUT2D eigenvalue weighted by atomic mass is 32.1. The number of hydrogen-bond acceptors (Lipinski definition) is 5. The van der Waals surface area contributed by atoms with Crippen molar-refractivity contribution in [3.05, 3.63) is 41.5 Å². The molecular weight excluding hydrogens is 316 g/mol. The van der Waals surface area contributed by atoms with Crippen LogP contribution in [0.3, 0.4) is 0 Å². The predicted octanol–water partition coefficient (Wildman–Crippen LogP) is 4.17. The third-order valence-electron chi connectivity index (χ3n) is 4.69. The van der Waals surface area contributed by atoms with Crippen LogP contribution in [-0.2, 0) is 0 Å². The summed E-state index contributed by atoms with van der Waals surface area (Å²) < 4.78 is 0. The Hall–Kier alpha value is -1.98. The van der Waals surface area contributed by atoms with Crippen LogP contribution in [0.1, 0.15) is 18.7 Å².